The van der Waals surface area contributed by atoms with E-state index < -0.39 is 11.9 Å². The Morgan fingerprint density at radius 3 is 2.62 bits per heavy atom. The normalized spacial score (nSPS) is 12.1. The second-order valence-corrected chi connectivity index (χ2v) is 7.38. The Morgan fingerprint density at radius 2 is 1.93 bits per heavy atom. The van der Waals surface area contributed by atoms with Gasteiger partial charge in [-0.2, -0.15) is 8.75 Å². The molecule has 1 amide bonds. The second-order valence-electron chi connectivity index (χ2n) is 6.44. The number of para-hydroxylation sites is 1. The van der Waals surface area contributed by atoms with Crippen molar-refractivity contribution in [2.45, 2.75) is 13.0 Å². The van der Waals surface area contributed by atoms with E-state index >= 15 is 0 Å². The number of nitrogens with zero attached hydrogens (tertiary/aromatic N) is 3. The molecule has 2 heterocycles. The van der Waals surface area contributed by atoms with Crippen LogP contribution in [0.4, 0.5) is 5.82 Å². The van der Waals surface area contributed by atoms with Crippen molar-refractivity contribution in [3.05, 3.63) is 81.4 Å². The van der Waals surface area contributed by atoms with Gasteiger partial charge < -0.3 is 11.1 Å². The number of hydrogen-bond donors (Lipinski definition) is 2. The van der Waals surface area contributed by atoms with E-state index in [2.05, 4.69) is 14.1 Å². The van der Waals surface area contributed by atoms with Gasteiger partial charge in [0.25, 0.3) is 11.5 Å². The number of halogens is 1. The third-order valence-corrected chi connectivity index (χ3v) is 5.42. The molecular formula is C20H16ClN5O2S. The molecule has 0 radical (unpaired) electrons. The van der Waals surface area contributed by atoms with Gasteiger partial charge in [-0.1, -0.05) is 41.9 Å². The zero-order valence-electron chi connectivity index (χ0n) is 15.3. The molecule has 4 aromatic rings. The number of benzene rings is 2. The summed E-state index contributed by atoms with van der Waals surface area (Å²) in [6, 6.07) is 15.8. The average Bonchev–Trinajstić information content (AvgIpc) is 3.14. The molecule has 0 aliphatic rings. The summed E-state index contributed by atoms with van der Waals surface area (Å²) in [5, 5.41) is 4.34. The Bertz CT molecular complexity index is 1270. The van der Waals surface area contributed by atoms with Gasteiger partial charge in [0.2, 0.25) is 0 Å². The van der Waals surface area contributed by atoms with E-state index in [1.165, 1.54) is 0 Å². The van der Waals surface area contributed by atoms with Crippen molar-refractivity contribution in [3.63, 3.8) is 0 Å². The highest BCUT2D eigenvalue weighted by molar-refractivity contribution is 6.99. The molecule has 2 aromatic heterocycles. The summed E-state index contributed by atoms with van der Waals surface area (Å²) in [5.41, 5.74) is 6.78. The standard InChI is InChI=1S/C20H16ClN5O2S/c1-11(23-19(27)17-18(22)25-29-24-17)15-10-12-6-5-9-14(21)16(12)20(28)26(15)13-7-3-2-4-8-13/h2-11H,1H3,(H2,22,25)(H,23,27). The molecule has 0 saturated carbocycles. The summed E-state index contributed by atoms with van der Waals surface area (Å²) in [6.07, 6.45) is 0. The van der Waals surface area contributed by atoms with Gasteiger partial charge in [-0.15, -0.1) is 0 Å². The second kappa shape index (κ2) is 7.65. The first kappa shape index (κ1) is 19.1. The molecule has 1 unspecified atom stereocenters. The largest absolute Gasteiger partial charge is 0.381 e. The van der Waals surface area contributed by atoms with E-state index in [0.29, 0.717) is 27.2 Å². The predicted octanol–water partition coefficient (Wildman–Crippen LogP) is 3.57. The number of nitrogens with two attached hydrogens (primary N) is 1. The molecule has 29 heavy (non-hydrogen) atoms. The summed E-state index contributed by atoms with van der Waals surface area (Å²) in [7, 11) is 0. The molecule has 0 aliphatic carbocycles. The predicted molar refractivity (Wildman–Crippen MR) is 115 cm³/mol. The zero-order chi connectivity index (χ0) is 20.5. The number of carbonyl (C=O) groups is 1. The van der Waals surface area contributed by atoms with Crippen LogP contribution in [0.1, 0.15) is 29.1 Å². The van der Waals surface area contributed by atoms with Gasteiger partial charge in [-0.25, -0.2) is 0 Å². The lowest BCUT2D eigenvalue weighted by Gasteiger charge is -2.21. The highest BCUT2D eigenvalue weighted by Crippen LogP contribution is 2.25. The molecule has 0 fully saturated rings. The number of pyridine rings is 1. The number of nitrogens with one attached hydrogen (secondary N) is 1. The molecule has 0 aliphatic heterocycles. The molecule has 1 atom stereocenters. The summed E-state index contributed by atoms with van der Waals surface area (Å²) in [6.45, 7) is 1.79. The topological polar surface area (TPSA) is 103 Å². The van der Waals surface area contributed by atoms with Gasteiger partial charge in [0.05, 0.1) is 28.2 Å². The fourth-order valence-electron chi connectivity index (χ4n) is 3.19. The fraction of sp³-hybridized carbons (Fsp3) is 0.100. The van der Waals surface area contributed by atoms with Crippen molar-refractivity contribution in [2.75, 3.05) is 5.73 Å². The van der Waals surface area contributed by atoms with Crippen LogP contribution in [0.25, 0.3) is 16.5 Å². The maximum atomic E-state index is 13.4. The molecule has 0 saturated heterocycles. The molecule has 3 N–H and O–H groups in total. The number of amides is 1. The summed E-state index contributed by atoms with van der Waals surface area (Å²) >= 11 is 7.18. The highest BCUT2D eigenvalue weighted by atomic mass is 35.5. The fourth-order valence-corrected chi connectivity index (χ4v) is 3.93. The molecule has 146 valence electrons. The number of carbonyl (C=O) groups excluding carboxylic acids is 1. The lowest BCUT2D eigenvalue weighted by Crippen LogP contribution is -2.32. The highest BCUT2D eigenvalue weighted by Gasteiger charge is 2.21. The van der Waals surface area contributed by atoms with Crippen LogP contribution in [0.3, 0.4) is 0 Å². The van der Waals surface area contributed by atoms with Gasteiger partial charge in [-0.3, -0.25) is 14.2 Å². The monoisotopic (exact) mass is 425 g/mol. The van der Waals surface area contributed by atoms with Crippen molar-refractivity contribution in [2.24, 2.45) is 0 Å². The minimum atomic E-state index is -0.514. The Balaban J connectivity index is 1.88. The number of aromatic nitrogens is 3. The Kier molecular flexibility index (Phi) is 5.04. The van der Waals surface area contributed by atoms with Gasteiger partial charge >= 0.3 is 0 Å². The first-order chi connectivity index (χ1) is 14.0. The van der Waals surface area contributed by atoms with Gasteiger partial charge in [0, 0.05) is 11.4 Å². The molecule has 0 bridgehead atoms. The molecule has 7 nitrogen and oxygen atoms in total. The van der Waals surface area contributed by atoms with Crippen LogP contribution in [0.2, 0.25) is 5.02 Å². The minimum absolute atomic E-state index is 0.0688. The smallest absolute Gasteiger partial charge is 0.275 e. The summed E-state index contributed by atoms with van der Waals surface area (Å²) in [4.78, 5) is 25.9. The Labute approximate surface area is 175 Å². The third-order valence-electron chi connectivity index (χ3n) is 4.56. The van der Waals surface area contributed by atoms with Crippen molar-refractivity contribution in [1.29, 1.82) is 0 Å². The molecule has 2 aromatic carbocycles. The maximum absolute atomic E-state index is 13.4. The zero-order valence-corrected chi connectivity index (χ0v) is 16.9. The van der Waals surface area contributed by atoms with Crippen molar-refractivity contribution in [1.82, 2.24) is 18.6 Å². The van der Waals surface area contributed by atoms with E-state index in [4.69, 9.17) is 17.3 Å². The van der Waals surface area contributed by atoms with E-state index in [-0.39, 0.29) is 17.1 Å². The minimum Gasteiger partial charge on any atom is -0.381 e. The third kappa shape index (κ3) is 3.48. The van der Waals surface area contributed by atoms with Crippen LogP contribution in [-0.2, 0) is 0 Å². The Morgan fingerprint density at radius 1 is 1.17 bits per heavy atom. The molecule has 4 rings (SSSR count). The maximum Gasteiger partial charge on any atom is 0.275 e. The van der Waals surface area contributed by atoms with Crippen LogP contribution < -0.4 is 16.6 Å². The lowest BCUT2D eigenvalue weighted by atomic mass is 10.1. The van der Waals surface area contributed by atoms with Crippen molar-refractivity contribution < 1.29 is 4.79 Å². The molecule has 9 heteroatoms. The van der Waals surface area contributed by atoms with Crippen LogP contribution in [0.5, 0.6) is 0 Å². The number of rotatable bonds is 4. The number of hydrogen-bond acceptors (Lipinski definition) is 6. The van der Waals surface area contributed by atoms with Gasteiger partial charge in [-0.05, 0) is 36.6 Å². The van der Waals surface area contributed by atoms with E-state index in [0.717, 1.165) is 11.7 Å². The number of anilines is 1. The van der Waals surface area contributed by atoms with E-state index in [1.54, 1.807) is 23.6 Å². The van der Waals surface area contributed by atoms with Crippen molar-refractivity contribution >= 4 is 45.8 Å². The van der Waals surface area contributed by atoms with Crippen LogP contribution >= 0.6 is 23.3 Å². The average molecular weight is 426 g/mol. The van der Waals surface area contributed by atoms with Crippen molar-refractivity contribution in [3.8, 4) is 5.69 Å². The van der Waals surface area contributed by atoms with Crippen LogP contribution in [0, 0.1) is 0 Å². The summed E-state index contributed by atoms with van der Waals surface area (Å²) in [5.74, 6) is -0.382. The van der Waals surface area contributed by atoms with Crippen LogP contribution in [0.15, 0.2) is 59.4 Å². The SMILES string of the molecule is CC(NC(=O)c1nsnc1N)c1cc2cccc(Cl)c2c(=O)n1-c1ccccc1. The van der Waals surface area contributed by atoms with Gasteiger partial charge in [0.15, 0.2) is 11.5 Å². The first-order valence-electron chi connectivity index (χ1n) is 8.76. The quantitative estimate of drug-likeness (QED) is 0.520. The van der Waals surface area contributed by atoms with Gasteiger partial charge in [0.1, 0.15) is 0 Å². The molecular weight excluding hydrogens is 410 g/mol. The number of nitrogen functional groups attached to an aromatic ring is 1. The number of fused-ring (bicyclic) bond motifs is 1. The Hall–Kier alpha value is -3.23. The van der Waals surface area contributed by atoms with Crippen LogP contribution in [-0.4, -0.2) is 19.2 Å². The molecule has 0 spiro atoms. The van der Waals surface area contributed by atoms with E-state index in [1.807, 2.05) is 42.5 Å². The first-order valence-corrected chi connectivity index (χ1v) is 9.86. The lowest BCUT2D eigenvalue weighted by molar-refractivity contribution is 0.0935. The van der Waals surface area contributed by atoms with E-state index in [9.17, 15) is 9.59 Å². The summed E-state index contributed by atoms with van der Waals surface area (Å²) < 4.78 is 9.31.